The molecule has 0 nitrogen and oxygen atoms in total. The molecular weight excluding hydrogens is 372 g/mol. The second-order valence-electron chi connectivity index (χ2n) is 3.65. The van der Waals surface area contributed by atoms with Gasteiger partial charge >= 0.3 is 0 Å². The molecule has 1 aromatic carbocycles. The second kappa shape index (κ2) is 4.67. The minimum atomic E-state index is 0.432. The summed E-state index contributed by atoms with van der Waals surface area (Å²) in [5.41, 5.74) is 2.88. The van der Waals surface area contributed by atoms with E-state index in [1.165, 1.54) is 11.1 Å². The van der Waals surface area contributed by atoms with E-state index >= 15 is 0 Å². The molecule has 1 aromatic rings. The summed E-state index contributed by atoms with van der Waals surface area (Å²) in [4.78, 5) is 1.52. The average molecular weight is 383 g/mol. The Kier molecular flexibility index (Phi) is 3.72. The maximum Gasteiger partial charge on any atom is 0.0523 e. The highest BCUT2D eigenvalue weighted by molar-refractivity contribution is 9.12. The molecule has 0 spiro atoms. The smallest absolute Gasteiger partial charge is 0.0523 e. The highest BCUT2D eigenvalue weighted by Crippen LogP contribution is 2.40. The molecule has 2 rings (SSSR count). The lowest BCUT2D eigenvalue weighted by Crippen LogP contribution is -2.08. The van der Waals surface area contributed by atoms with E-state index in [0.29, 0.717) is 14.5 Å². The van der Waals surface area contributed by atoms with Crippen molar-refractivity contribution in [2.75, 3.05) is 0 Å². The van der Waals surface area contributed by atoms with Crippen molar-refractivity contribution in [2.24, 2.45) is 0 Å². The van der Waals surface area contributed by atoms with E-state index in [4.69, 9.17) is 0 Å². The fourth-order valence-electron chi connectivity index (χ4n) is 1.87. The molecule has 1 aliphatic carbocycles. The van der Waals surface area contributed by atoms with E-state index in [1.807, 2.05) is 0 Å². The third-order valence-corrected chi connectivity index (χ3v) is 6.03. The van der Waals surface area contributed by atoms with E-state index in [1.54, 1.807) is 0 Å². The molecule has 1 aliphatic rings. The van der Waals surface area contributed by atoms with Gasteiger partial charge in [0.1, 0.15) is 0 Å². The molecule has 0 saturated heterocycles. The highest BCUT2D eigenvalue weighted by atomic mass is 79.9. The summed E-state index contributed by atoms with van der Waals surface area (Å²) in [6, 6.07) is 8.67. The van der Waals surface area contributed by atoms with Crippen LogP contribution in [-0.4, -0.2) is 9.65 Å². The van der Waals surface area contributed by atoms with Crippen LogP contribution in [-0.2, 0) is 6.42 Å². The third kappa shape index (κ3) is 2.25. The second-order valence-corrected chi connectivity index (χ2v) is 7.11. The normalized spacial score (nSPS) is 32.1. The van der Waals surface area contributed by atoms with Crippen LogP contribution in [0.4, 0.5) is 0 Å². The lowest BCUT2D eigenvalue weighted by Gasteiger charge is -2.15. The zero-order chi connectivity index (χ0) is 10.1. The van der Waals surface area contributed by atoms with Crippen molar-refractivity contribution in [1.29, 1.82) is 0 Å². The van der Waals surface area contributed by atoms with Crippen molar-refractivity contribution in [3.05, 3.63) is 35.4 Å². The molecule has 0 amide bonds. The van der Waals surface area contributed by atoms with Gasteiger partial charge in [0.15, 0.2) is 0 Å². The van der Waals surface area contributed by atoms with Crippen LogP contribution < -0.4 is 0 Å². The van der Waals surface area contributed by atoms with Crippen LogP contribution in [0.25, 0.3) is 0 Å². The van der Waals surface area contributed by atoms with Gasteiger partial charge in [0.2, 0.25) is 0 Å². The molecule has 3 atom stereocenters. The van der Waals surface area contributed by atoms with Crippen LogP contribution in [0.2, 0.25) is 0 Å². The van der Waals surface area contributed by atoms with E-state index in [9.17, 15) is 0 Å². The Morgan fingerprint density at radius 3 is 2.57 bits per heavy atom. The fraction of sp³-hybridized carbons (Fsp3) is 0.455. The Morgan fingerprint density at radius 2 is 1.79 bits per heavy atom. The van der Waals surface area contributed by atoms with Gasteiger partial charge in [-0.25, -0.2) is 0 Å². The number of hydrogen-bond donors (Lipinski definition) is 0. The standard InChI is InChI=1S/C11H11Br3/c12-8-5-7-3-1-2-4-9(7)11(14)10(13)6-8/h1-4,8,10-11H,5-6H2/t8-,10-,11-/m0/s1. The molecule has 14 heavy (non-hydrogen) atoms. The van der Waals surface area contributed by atoms with Gasteiger partial charge in [-0.3, -0.25) is 0 Å². The van der Waals surface area contributed by atoms with E-state index in [0.717, 1.165) is 12.8 Å². The number of benzene rings is 1. The topological polar surface area (TPSA) is 0 Å². The SMILES string of the molecule is Br[C@H]1Cc2ccccc2[C@H](Br)[C@@H](Br)C1. The first-order chi connectivity index (χ1) is 6.68. The first kappa shape index (κ1) is 11.2. The van der Waals surface area contributed by atoms with Gasteiger partial charge in [0, 0.05) is 9.65 Å². The van der Waals surface area contributed by atoms with E-state index in [2.05, 4.69) is 72.1 Å². The molecule has 0 aliphatic heterocycles. The molecule has 0 saturated carbocycles. The van der Waals surface area contributed by atoms with Gasteiger partial charge in [-0.1, -0.05) is 72.1 Å². The number of hydrogen-bond acceptors (Lipinski definition) is 0. The van der Waals surface area contributed by atoms with Gasteiger partial charge in [-0.05, 0) is 24.0 Å². The summed E-state index contributed by atoms with van der Waals surface area (Å²) in [6.07, 6.45) is 2.28. The van der Waals surface area contributed by atoms with Crippen LogP contribution in [0.15, 0.2) is 24.3 Å². The van der Waals surface area contributed by atoms with Gasteiger partial charge in [-0.2, -0.15) is 0 Å². The molecule has 0 radical (unpaired) electrons. The quantitative estimate of drug-likeness (QED) is 0.454. The number of fused-ring (bicyclic) bond motifs is 1. The molecular formula is C11H11Br3. The van der Waals surface area contributed by atoms with Crippen molar-refractivity contribution in [3.63, 3.8) is 0 Å². The molecule has 0 N–H and O–H groups in total. The summed E-state index contributed by atoms with van der Waals surface area (Å²) < 4.78 is 0. The third-order valence-electron chi connectivity index (χ3n) is 2.59. The maximum absolute atomic E-state index is 3.76. The van der Waals surface area contributed by atoms with Crippen LogP contribution in [0.3, 0.4) is 0 Å². The molecule has 0 aromatic heterocycles. The zero-order valence-electron chi connectivity index (χ0n) is 7.59. The average Bonchev–Trinajstić information content (AvgIpc) is 2.26. The van der Waals surface area contributed by atoms with Gasteiger partial charge in [0.25, 0.3) is 0 Å². The minimum Gasteiger partial charge on any atom is -0.0887 e. The first-order valence-electron chi connectivity index (χ1n) is 4.68. The Balaban J connectivity index is 2.41. The number of rotatable bonds is 0. The van der Waals surface area contributed by atoms with Gasteiger partial charge < -0.3 is 0 Å². The van der Waals surface area contributed by atoms with Crippen LogP contribution >= 0.6 is 47.8 Å². The monoisotopic (exact) mass is 380 g/mol. The zero-order valence-corrected chi connectivity index (χ0v) is 12.3. The molecule has 76 valence electrons. The molecule has 0 fully saturated rings. The number of alkyl halides is 3. The van der Waals surface area contributed by atoms with Crippen LogP contribution in [0.5, 0.6) is 0 Å². The van der Waals surface area contributed by atoms with Crippen molar-refractivity contribution < 1.29 is 0 Å². The largest absolute Gasteiger partial charge is 0.0887 e. The number of halogens is 3. The van der Waals surface area contributed by atoms with Crippen molar-refractivity contribution in [2.45, 2.75) is 27.3 Å². The predicted octanol–water partition coefficient (Wildman–Crippen LogP) is 4.60. The van der Waals surface area contributed by atoms with Crippen molar-refractivity contribution in [3.8, 4) is 0 Å². The van der Waals surface area contributed by atoms with Crippen LogP contribution in [0.1, 0.15) is 22.4 Å². The predicted molar refractivity (Wildman–Crippen MR) is 71.9 cm³/mol. The Bertz CT molecular complexity index is 324. The lowest BCUT2D eigenvalue weighted by atomic mass is 10.0. The molecule has 0 heterocycles. The summed E-state index contributed by atoms with van der Waals surface area (Å²) in [5.74, 6) is 0. The fourth-order valence-corrected chi connectivity index (χ4v) is 4.52. The minimum absolute atomic E-state index is 0.432. The highest BCUT2D eigenvalue weighted by Gasteiger charge is 2.27. The van der Waals surface area contributed by atoms with Crippen LogP contribution in [0, 0.1) is 0 Å². The van der Waals surface area contributed by atoms with E-state index in [-0.39, 0.29) is 0 Å². The summed E-state index contributed by atoms with van der Waals surface area (Å²) in [5, 5.41) is 0. The van der Waals surface area contributed by atoms with Crippen molar-refractivity contribution in [1.82, 2.24) is 0 Å². The Labute approximate surface area is 110 Å². The summed E-state index contributed by atoms with van der Waals surface area (Å²) >= 11 is 11.2. The first-order valence-corrected chi connectivity index (χ1v) is 7.43. The molecule has 3 heteroatoms. The summed E-state index contributed by atoms with van der Waals surface area (Å²) in [7, 11) is 0. The van der Waals surface area contributed by atoms with Gasteiger partial charge in [-0.15, -0.1) is 0 Å². The summed E-state index contributed by atoms with van der Waals surface area (Å²) in [6.45, 7) is 0. The van der Waals surface area contributed by atoms with E-state index < -0.39 is 0 Å². The maximum atomic E-state index is 3.76. The Hall–Kier alpha value is 0.660. The lowest BCUT2D eigenvalue weighted by molar-refractivity contribution is 0.757. The van der Waals surface area contributed by atoms with Gasteiger partial charge in [0.05, 0.1) is 4.83 Å². The Morgan fingerprint density at radius 1 is 1.07 bits per heavy atom. The van der Waals surface area contributed by atoms with Crippen molar-refractivity contribution >= 4 is 47.8 Å². The molecule has 0 unspecified atom stereocenters. The molecule has 0 bridgehead atoms.